The molecule has 2 nitrogen and oxygen atoms in total. The Morgan fingerprint density at radius 1 is 1.50 bits per heavy atom. The summed E-state index contributed by atoms with van der Waals surface area (Å²) in [5.41, 5.74) is 1.24. The molecule has 0 saturated heterocycles. The van der Waals surface area contributed by atoms with Crippen LogP contribution in [0.2, 0.25) is 0 Å². The fourth-order valence-corrected chi connectivity index (χ4v) is 1.66. The normalized spacial score (nSPS) is 33.3. The summed E-state index contributed by atoms with van der Waals surface area (Å²) in [4.78, 5) is 0. The van der Waals surface area contributed by atoms with E-state index >= 15 is 0 Å². The molecule has 0 aromatic carbocycles. The first kappa shape index (κ1) is 11.7. The maximum absolute atomic E-state index is 6.05. The maximum atomic E-state index is 6.05. The third-order valence-corrected chi connectivity index (χ3v) is 3.21. The fraction of sp³-hybridized carbons (Fsp3) is 0.833. The standard InChI is InChI=1S/C12H22O2/c1-9-7-12(5,11(2,3)4)14-10(9)8-13-6/h7,10H,8H2,1-6H3/t10-,12+/m1/s1. The summed E-state index contributed by atoms with van der Waals surface area (Å²) < 4.78 is 11.2. The van der Waals surface area contributed by atoms with Crippen molar-refractivity contribution in [3.8, 4) is 0 Å². The highest BCUT2D eigenvalue weighted by Crippen LogP contribution is 2.41. The van der Waals surface area contributed by atoms with Gasteiger partial charge >= 0.3 is 0 Å². The molecule has 2 heteroatoms. The number of hydrogen-bond donors (Lipinski definition) is 0. The molecule has 0 fully saturated rings. The Balaban J connectivity index is 2.81. The van der Waals surface area contributed by atoms with Gasteiger partial charge < -0.3 is 9.47 Å². The minimum atomic E-state index is -0.166. The molecule has 1 aliphatic heterocycles. The lowest BCUT2D eigenvalue weighted by atomic mass is 9.78. The van der Waals surface area contributed by atoms with E-state index in [2.05, 4.69) is 40.7 Å². The Morgan fingerprint density at radius 3 is 2.43 bits per heavy atom. The van der Waals surface area contributed by atoms with Gasteiger partial charge in [-0.15, -0.1) is 0 Å². The molecule has 2 atom stereocenters. The first-order chi connectivity index (χ1) is 6.30. The number of rotatable bonds is 2. The zero-order valence-corrected chi connectivity index (χ0v) is 10.2. The van der Waals surface area contributed by atoms with Crippen molar-refractivity contribution in [2.45, 2.75) is 46.3 Å². The Kier molecular flexibility index (Phi) is 3.07. The van der Waals surface area contributed by atoms with Crippen LogP contribution in [0.5, 0.6) is 0 Å². The Labute approximate surface area is 87.3 Å². The smallest absolute Gasteiger partial charge is 0.103 e. The third-order valence-electron chi connectivity index (χ3n) is 3.21. The van der Waals surface area contributed by atoms with Crippen LogP contribution < -0.4 is 0 Å². The van der Waals surface area contributed by atoms with Crippen LogP contribution in [0, 0.1) is 5.41 Å². The van der Waals surface area contributed by atoms with Gasteiger partial charge in [-0.05, 0) is 24.8 Å². The van der Waals surface area contributed by atoms with E-state index in [9.17, 15) is 0 Å². The predicted molar refractivity (Wildman–Crippen MR) is 58.4 cm³/mol. The lowest BCUT2D eigenvalue weighted by molar-refractivity contribution is -0.0962. The molecule has 0 saturated carbocycles. The number of ether oxygens (including phenoxy) is 2. The highest BCUT2D eigenvalue weighted by Gasteiger charge is 2.43. The largest absolute Gasteiger partial charge is 0.382 e. The van der Waals surface area contributed by atoms with Crippen LogP contribution in [0.1, 0.15) is 34.6 Å². The molecule has 0 aliphatic carbocycles. The molecule has 0 radical (unpaired) electrons. The zero-order valence-electron chi connectivity index (χ0n) is 10.2. The topological polar surface area (TPSA) is 18.5 Å². The lowest BCUT2D eigenvalue weighted by Crippen LogP contribution is -2.40. The summed E-state index contributed by atoms with van der Waals surface area (Å²) >= 11 is 0. The van der Waals surface area contributed by atoms with Gasteiger partial charge in [-0.2, -0.15) is 0 Å². The molecule has 1 rings (SSSR count). The number of hydrogen-bond acceptors (Lipinski definition) is 2. The summed E-state index contributed by atoms with van der Waals surface area (Å²) in [6.07, 6.45) is 2.36. The van der Waals surface area contributed by atoms with E-state index in [0.29, 0.717) is 6.61 Å². The van der Waals surface area contributed by atoms with E-state index in [4.69, 9.17) is 9.47 Å². The lowest BCUT2D eigenvalue weighted by Gasteiger charge is -2.37. The minimum absolute atomic E-state index is 0.122. The molecular weight excluding hydrogens is 176 g/mol. The highest BCUT2D eigenvalue weighted by molar-refractivity contribution is 5.22. The SMILES string of the molecule is COC[C@H]1O[C@](C)(C(C)(C)C)C=C1C. The second-order valence-electron chi connectivity index (χ2n) is 5.31. The molecule has 1 aliphatic rings. The van der Waals surface area contributed by atoms with Crippen molar-refractivity contribution >= 4 is 0 Å². The molecular formula is C12H22O2. The summed E-state index contributed by atoms with van der Waals surface area (Å²) in [5, 5.41) is 0. The van der Waals surface area contributed by atoms with Crippen molar-refractivity contribution in [3.63, 3.8) is 0 Å². The molecule has 1 heterocycles. The van der Waals surface area contributed by atoms with E-state index in [-0.39, 0.29) is 17.1 Å². The van der Waals surface area contributed by atoms with E-state index in [0.717, 1.165) is 0 Å². The van der Waals surface area contributed by atoms with Crippen LogP contribution in [0.25, 0.3) is 0 Å². The average Bonchev–Trinajstić information content (AvgIpc) is 2.27. The van der Waals surface area contributed by atoms with Gasteiger partial charge in [-0.1, -0.05) is 26.8 Å². The summed E-state index contributed by atoms with van der Waals surface area (Å²) in [5.74, 6) is 0. The first-order valence-corrected chi connectivity index (χ1v) is 5.16. The van der Waals surface area contributed by atoms with Crippen LogP contribution in [0.15, 0.2) is 11.6 Å². The van der Waals surface area contributed by atoms with Crippen LogP contribution in [-0.4, -0.2) is 25.4 Å². The van der Waals surface area contributed by atoms with Gasteiger partial charge in [-0.3, -0.25) is 0 Å². The van der Waals surface area contributed by atoms with Gasteiger partial charge in [-0.25, -0.2) is 0 Å². The van der Waals surface area contributed by atoms with Crippen molar-refractivity contribution in [1.29, 1.82) is 0 Å². The van der Waals surface area contributed by atoms with E-state index in [1.165, 1.54) is 5.57 Å². The van der Waals surface area contributed by atoms with Gasteiger partial charge in [0.15, 0.2) is 0 Å². The zero-order chi connectivity index (χ0) is 11.0. The summed E-state index contributed by atoms with van der Waals surface area (Å²) in [7, 11) is 1.71. The molecule has 0 amide bonds. The van der Waals surface area contributed by atoms with Crippen LogP contribution >= 0.6 is 0 Å². The predicted octanol–water partition coefficient (Wildman–Crippen LogP) is 2.78. The van der Waals surface area contributed by atoms with Gasteiger partial charge in [0.25, 0.3) is 0 Å². The second-order valence-corrected chi connectivity index (χ2v) is 5.31. The van der Waals surface area contributed by atoms with Crippen LogP contribution in [0.4, 0.5) is 0 Å². The van der Waals surface area contributed by atoms with Gasteiger partial charge in [0.2, 0.25) is 0 Å². The monoisotopic (exact) mass is 198 g/mol. The second kappa shape index (κ2) is 3.67. The van der Waals surface area contributed by atoms with Crippen molar-refractivity contribution in [2.75, 3.05) is 13.7 Å². The first-order valence-electron chi connectivity index (χ1n) is 5.16. The molecule has 0 spiro atoms. The quantitative estimate of drug-likeness (QED) is 0.635. The van der Waals surface area contributed by atoms with Crippen molar-refractivity contribution in [1.82, 2.24) is 0 Å². The Hall–Kier alpha value is -0.340. The van der Waals surface area contributed by atoms with Crippen LogP contribution in [-0.2, 0) is 9.47 Å². The van der Waals surface area contributed by atoms with Crippen molar-refractivity contribution in [3.05, 3.63) is 11.6 Å². The minimum Gasteiger partial charge on any atom is -0.382 e. The average molecular weight is 198 g/mol. The third kappa shape index (κ3) is 2.01. The summed E-state index contributed by atoms with van der Waals surface area (Å²) in [6, 6.07) is 0. The molecule has 0 aromatic heterocycles. The van der Waals surface area contributed by atoms with E-state index in [1.54, 1.807) is 7.11 Å². The molecule has 14 heavy (non-hydrogen) atoms. The highest BCUT2D eigenvalue weighted by atomic mass is 16.5. The van der Waals surface area contributed by atoms with Gasteiger partial charge in [0.1, 0.15) is 6.10 Å². The van der Waals surface area contributed by atoms with E-state index in [1.807, 2.05) is 0 Å². The maximum Gasteiger partial charge on any atom is 0.103 e. The molecule has 0 aromatic rings. The number of methoxy groups -OCH3 is 1. The molecule has 0 unspecified atom stereocenters. The van der Waals surface area contributed by atoms with E-state index < -0.39 is 0 Å². The van der Waals surface area contributed by atoms with Gasteiger partial charge in [0.05, 0.1) is 12.2 Å². The molecule has 0 bridgehead atoms. The van der Waals surface area contributed by atoms with Crippen molar-refractivity contribution < 1.29 is 9.47 Å². The van der Waals surface area contributed by atoms with Gasteiger partial charge in [0, 0.05) is 7.11 Å². The summed E-state index contributed by atoms with van der Waals surface area (Å²) in [6.45, 7) is 11.5. The van der Waals surface area contributed by atoms with Crippen molar-refractivity contribution in [2.24, 2.45) is 5.41 Å². The van der Waals surface area contributed by atoms with Crippen LogP contribution in [0.3, 0.4) is 0 Å². The molecule has 82 valence electrons. The Morgan fingerprint density at radius 2 is 2.07 bits per heavy atom. The Bertz CT molecular complexity index is 237. The molecule has 0 N–H and O–H groups in total. The fourth-order valence-electron chi connectivity index (χ4n) is 1.66.